The molecule has 0 amide bonds. The first-order chi connectivity index (χ1) is 10.2. The summed E-state index contributed by atoms with van der Waals surface area (Å²) in [5.74, 6) is 1.78. The highest BCUT2D eigenvalue weighted by molar-refractivity contribution is 5.52. The van der Waals surface area contributed by atoms with Gasteiger partial charge in [0.2, 0.25) is 0 Å². The van der Waals surface area contributed by atoms with Crippen LogP contribution in [-0.4, -0.2) is 30.6 Å². The summed E-state index contributed by atoms with van der Waals surface area (Å²) in [7, 11) is 0. The van der Waals surface area contributed by atoms with Crippen molar-refractivity contribution < 1.29 is 0 Å². The molecule has 21 heavy (non-hydrogen) atoms. The van der Waals surface area contributed by atoms with E-state index in [1.54, 1.807) is 0 Å². The molecule has 0 radical (unpaired) electrons. The van der Waals surface area contributed by atoms with E-state index in [0.29, 0.717) is 6.04 Å². The fourth-order valence-electron chi connectivity index (χ4n) is 4.05. The number of likely N-dealkylation sites (tertiary alicyclic amines) is 1. The van der Waals surface area contributed by atoms with E-state index in [1.165, 1.54) is 56.4 Å². The average molecular weight is 286 g/mol. The van der Waals surface area contributed by atoms with Gasteiger partial charge < -0.3 is 5.32 Å². The topological polar surface area (TPSA) is 15.3 Å². The van der Waals surface area contributed by atoms with Gasteiger partial charge in [-0.15, -0.1) is 0 Å². The Balaban J connectivity index is 1.61. The fraction of sp³-hybridized carbons (Fsp3) is 0.684. The molecule has 2 atom stereocenters. The average Bonchev–Trinajstić information content (AvgIpc) is 2.85. The van der Waals surface area contributed by atoms with Crippen molar-refractivity contribution in [1.29, 1.82) is 0 Å². The number of anilines is 1. The van der Waals surface area contributed by atoms with Gasteiger partial charge in [0, 0.05) is 18.3 Å². The second-order valence-electron chi connectivity index (χ2n) is 7.20. The molecule has 0 bridgehead atoms. The van der Waals surface area contributed by atoms with Crippen LogP contribution in [0.3, 0.4) is 0 Å². The van der Waals surface area contributed by atoms with Crippen LogP contribution in [-0.2, 0) is 6.42 Å². The lowest BCUT2D eigenvalue weighted by atomic mass is 9.89. The van der Waals surface area contributed by atoms with Gasteiger partial charge in [-0.05, 0) is 68.7 Å². The molecule has 2 nitrogen and oxygen atoms in total. The Labute approximate surface area is 129 Å². The van der Waals surface area contributed by atoms with Crippen LogP contribution in [0.15, 0.2) is 24.3 Å². The zero-order valence-corrected chi connectivity index (χ0v) is 13.6. The van der Waals surface area contributed by atoms with Gasteiger partial charge in [0.05, 0.1) is 0 Å². The number of para-hydroxylation sites is 1. The maximum Gasteiger partial charge on any atom is 0.0373 e. The highest BCUT2D eigenvalue weighted by Crippen LogP contribution is 2.28. The highest BCUT2D eigenvalue weighted by atomic mass is 15.2. The minimum Gasteiger partial charge on any atom is -0.383 e. The van der Waals surface area contributed by atoms with Crippen LogP contribution in [0, 0.1) is 11.8 Å². The lowest BCUT2D eigenvalue weighted by Crippen LogP contribution is -2.40. The Morgan fingerprint density at radius 3 is 2.81 bits per heavy atom. The van der Waals surface area contributed by atoms with Gasteiger partial charge in [0.15, 0.2) is 0 Å². The molecule has 0 saturated carbocycles. The molecule has 1 aromatic rings. The number of nitrogens with one attached hydrogen (secondary N) is 1. The molecule has 1 aromatic carbocycles. The molecule has 116 valence electrons. The molecule has 2 aliphatic rings. The standard InChI is InChI=1S/C19H30N2/c1-15(2)16-7-5-12-21(13-11-16)18-10-9-17-6-3-4-8-19(17)20-14-18/h3-4,6,8,15-16,18,20H,5,7,9-14H2,1-2H3. The summed E-state index contributed by atoms with van der Waals surface area (Å²) in [5, 5.41) is 3.69. The Hall–Kier alpha value is -1.02. The van der Waals surface area contributed by atoms with E-state index in [-0.39, 0.29) is 0 Å². The summed E-state index contributed by atoms with van der Waals surface area (Å²) in [6.45, 7) is 8.50. The molecule has 1 fully saturated rings. The van der Waals surface area contributed by atoms with Crippen molar-refractivity contribution in [3.8, 4) is 0 Å². The molecule has 0 aliphatic carbocycles. The maximum atomic E-state index is 3.69. The maximum absolute atomic E-state index is 3.69. The number of hydrogen-bond donors (Lipinski definition) is 1. The van der Waals surface area contributed by atoms with Crippen LogP contribution in [0.5, 0.6) is 0 Å². The summed E-state index contributed by atoms with van der Waals surface area (Å²) in [6, 6.07) is 9.53. The van der Waals surface area contributed by atoms with Crippen LogP contribution in [0.2, 0.25) is 0 Å². The fourth-order valence-corrected chi connectivity index (χ4v) is 4.05. The van der Waals surface area contributed by atoms with E-state index >= 15 is 0 Å². The van der Waals surface area contributed by atoms with Crippen molar-refractivity contribution in [3.63, 3.8) is 0 Å². The summed E-state index contributed by atoms with van der Waals surface area (Å²) in [6.07, 6.45) is 6.72. The van der Waals surface area contributed by atoms with Crippen LogP contribution in [0.4, 0.5) is 5.69 Å². The Bertz CT molecular complexity index is 428. The molecular weight excluding hydrogens is 256 g/mol. The Morgan fingerprint density at radius 1 is 1.10 bits per heavy atom. The second kappa shape index (κ2) is 6.83. The van der Waals surface area contributed by atoms with E-state index in [9.17, 15) is 0 Å². The van der Waals surface area contributed by atoms with E-state index < -0.39 is 0 Å². The Kier molecular flexibility index (Phi) is 4.84. The first-order valence-electron chi connectivity index (χ1n) is 8.80. The van der Waals surface area contributed by atoms with Crippen molar-refractivity contribution in [3.05, 3.63) is 29.8 Å². The minimum absolute atomic E-state index is 0.711. The van der Waals surface area contributed by atoms with Crippen molar-refractivity contribution in [1.82, 2.24) is 4.90 Å². The lowest BCUT2D eigenvalue weighted by molar-refractivity contribution is 0.198. The van der Waals surface area contributed by atoms with E-state index in [1.807, 2.05) is 0 Å². The molecule has 2 heteroatoms. The van der Waals surface area contributed by atoms with Gasteiger partial charge in [0.1, 0.15) is 0 Å². The summed E-state index contributed by atoms with van der Waals surface area (Å²) in [5.41, 5.74) is 2.85. The normalized spacial score (nSPS) is 27.6. The minimum atomic E-state index is 0.711. The molecule has 2 aliphatic heterocycles. The first-order valence-corrected chi connectivity index (χ1v) is 8.80. The largest absolute Gasteiger partial charge is 0.383 e. The van der Waals surface area contributed by atoms with Crippen LogP contribution in [0.1, 0.15) is 45.1 Å². The third kappa shape index (κ3) is 3.60. The Morgan fingerprint density at radius 2 is 1.95 bits per heavy atom. The quantitative estimate of drug-likeness (QED) is 0.877. The van der Waals surface area contributed by atoms with Crippen LogP contribution in [0.25, 0.3) is 0 Å². The second-order valence-corrected chi connectivity index (χ2v) is 7.20. The van der Waals surface area contributed by atoms with Crippen LogP contribution < -0.4 is 5.32 Å². The number of aryl methyl sites for hydroxylation is 1. The lowest BCUT2D eigenvalue weighted by Gasteiger charge is -2.30. The first kappa shape index (κ1) is 14.9. The molecule has 0 aromatic heterocycles. The predicted molar refractivity (Wildman–Crippen MR) is 90.8 cm³/mol. The van der Waals surface area contributed by atoms with Gasteiger partial charge >= 0.3 is 0 Å². The van der Waals surface area contributed by atoms with Gasteiger partial charge in [-0.25, -0.2) is 0 Å². The third-order valence-corrected chi connectivity index (χ3v) is 5.56. The number of hydrogen-bond acceptors (Lipinski definition) is 2. The molecule has 0 spiro atoms. The van der Waals surface area contributed by atoms with Crippen molar-refractivity contribution >= 4 is 5.69 Å². The molecule has 1 saturated heterocycles. The number of rotatable bonds is 2. The molecular formula is C19H30N2. The SMILES string of the molecule is CC(C)C1CCCN(C2CCc3ccccc3NC2)CC1. The molecule has 2 unspecified atom stereocenters. The van der Waals surface area contributed by atoms with E-state index in [4.69, 9.17) is 0 Å². The third-order valence-electron chi connectivity index (χ3n) is 5.56. The number of benzene rings is 1. The molecule has 3 rings (SSSR count). The number of fused-ring (bicyclic) bond motifs is 1. The smallest absolute Gasteiger partial charge is 0.0373 e. The highest BCUT2D eigenvalue weighted by Gasteiger charge is 2.25. The van der Waals surface area contributed by atoms with E-state index in [0.717, 1.165) is 18.4 Å². The van der Waals surface area contributed by atoms with Crippen LogP contribution >= 0.6 is 0 Å². The van der Waals surface area contributed by atoms with Gasteiger partial charge in [-0.3, -0.25) is 4.90 Å². The molecule has 1 N–H and O–H groups in total. The monoisotopic (exact) mass is 286 g/mol. The van der Waals surface area contributed by atoms with Crippen molar-refractivity contribution in [2.75, 3.05) is 25.0 Å². The molecule has 2 heterocycles. The zero-order chi connectivity index (χ0) is 14.7. The van der Waals surface area contributed by atoms with Gasteiger partial charge in [-0.2, -0.15) is 0 Å². The predicted octanol–water partition coefficient (Wildman–Crippen LogP) is 4.17. The van der Waals surface area contributed by atoms with Crippen molar-refractivity contribution in [2.24, 2.45) is 11.8 Å². The number of nitrogens with zero attached hydrogens (tertiary/aromatic N) is 1. The zero-order valence-electron chi connectivity index (χ0n) is 13.6. The van der Waals surface area contributed by atoms with Gasteiger partial charge in [0.25, 0.3) is 0 Å². The van der Waals surface area contributed by atoms with Gasteiger partial charge in [-0.1, -0.05) is 32.0 Å². The van der Waals surface area contributed by atoms with E-state index in [2.05, 4.69) is 48.3 Å². The summed E-state index contributed by atoms with van der Waals surface area (Å²) in [4.78, 5) is 2.77. The summed E-state index contributed by atoms with van der Waals surface area (Å²) < 4.78 is 0. The summed E-state index contributed by atoms with van der Waals surface area (Å²) >= 11 is 0. The van der Waals surface area contributed by atoms with Crippen molar-refractivity contribution in [2.45, 2.75) is 52.0 Å².